The van der Waals surface area contributed by atoms with E-state index in [4.69, 9.17) is 10.7 Å². The first-order valence-electron chi connectivity index (χ1n) is 5.36. The molecule has 0 N–H and O–H groups in total. The van der Waals surface area contributed by atoms with E-state index in [-0.39, 0.29) is 11.1 Å². The van der Waals surface area contributed by atoms with Crippen LogP contribution in [0.5, 0.6) is 0 Å². The third-order valence-corrected chi connectivity index (χ3v) is 3.52. The van der Waals surface area contributed by atoms with E-state index in [0.717, 1.165) is 0 Å². The SMILES string of the molecule is CC(C)c1nnc(S(=O)(=O)Cl)n1-c1ccccc1. The molecule has 0 aliphatic carbocycles. The highest BCUT2D eigenvalue weighted by atomic mass is 35.7. The molecule has 0 aliphatic heterocycles. The van der Waals surface area contributed by atoms with Crippen LogP contribution >= 0.6 is 10.7 Å². The van der Waals surface area contributed by atoms with Gasteiger partial charge < -0.3 is 0 Å². The van der Waals surface area contributed by atoms with Crippen LogP contribution in [0.2, 0.25) is 0 Å². The van der Waals surface area contributed by atoms with Crippen LogP contribution in [0.25, 0.3) is 5.69 Å². The average molecular weight is 286 g/mol. The predicted molar refractivity (Wildman–Crippen MR) is 68.5 cm³/mol. The second-order valence-electron chi connectivity index (χ2n) is 4.10. The zero-order chi connectivity index (χ0) is 13.3. The maximum absolute atomic E-state index is 11.5. The zero-order valence-electron chi connectivity index (χ0n) is 9.91. The third kappa shape index (κ3) is 2.39. The number of hydrogen-bond donors (Lipinski definition) is 0. The molecule has 0 atom stereocenters. The summed E-state index contributed by atoms with van der Waals surface area (Å²) in [6.45, 7) is 3.82. The average Bonchev–Trinajstić information content (AvgIpc) is 2.74. The number of para-hydroxylation sites is 1. The van der Waals surface area contributed by atoms with E-state index in [1.165, 1.54) is 4.57 Å². The van der Waals surface area contributed by atoms with Crippen molar-refractivity contribution in [3.05, 3.63) is 36.2 Å². The summed E-state index contributed by atoms with van der Waals surface area (Å²) in [6.07, 6.45) is 0. The smallest absolute Gasteiger partial charge is 0.269 e. The Bertz CT molecular complexity index is 650. The molecule has 2 aromatic rings. The normalized spacial score (nSPS) is 12.0. The van der Waals surface area contributed by atoms with Crippen molar-refractivity contribution in [1.82, 2.24) is 14.8 Å². The fourth-order valence-electron chi connectivity index (χ4n) is 1.63. The molecule has 0 radical (unpaired) electrons. The lowest BCUT2D eigenvalue weighted by molar-refractivity contribution is 0.596. The van der Waals surface area contributed by atoms with Crippen molar-refractivity contribution in [2.24, 2.45) is 0 Å². The first-order valence-corrected chi connectivity index (χ1v) is 7.67. The number of rotatable bonds is 3. The zero-order valence-corrected chi connectivity index (χ0v) is 11.5. The first kappa shape index (κ1) is 13.0. The van der Waals surface area contributed by atoms with Crippen molar-refractivity contribution in [2.45, 2.75) is 24.9 Å². The van der Waals surface area contributed by atoms with Crippen LogP contribution in [0.4, 0.5) is 0 Å². The first-order chi connectivity index (χ1) is 8.41. The van der Waals surface area contributed by atoms with Crippen LogP contribution in [0.1, 0.15) is 25.6 Å². The maximum atomic E-state index is 11.5. The number of benzene rings is 1. The fraction of sp³-hybridized carbons (Fsp3) is 0.273. The van der Waals surface area contributed by atoms with Crippen molar-refractivity contribution >= 4 is 19.7 Å². The predicted octanol–water partition coefficient (Wildman–Crippen LogP) is 2.32. The Hall–Kier alpha value is -1.40. The summed E-state index contributed by atoms with van der Waals surface area (Å²) >= 11 is 0. The highest BCUT2D eigenvalue weighted by Gasteiger charge is 2.24. The van der Waals surface area contributed by atoms with Crippen LogP contribution < -0.4 is 0 Å². The Labute approximate surface area is 110 Å². The van der Waals surface area contributed by atoms with Crippen LogP contribution in [-0.4, -0.2) is 23.2 Å². The summed E-state index contributed by atoms with van der Waals surface area (Å²) in [5.74, 6) is 0.588. The Morgan fingerprint density at radius 2 is 1.78 bits per heavy atom. The van der Waals surface area contributed by atoms with Crippen LogP contribution in [0.3, 0.4) is 0 Å². The van der Waals surface area contributed by atoms with Gasteiger partial charge in [0.1, 0.15) is 5.82 Å². The van der Waals surface area contributed by atoms with Crippen molar-refractivity contribution in [1.29, 1.82) is 0 Å². The van der Waals surface area contributed by atoms with E-state index in [1.807, 2.05) is 32.0 Å². The van der Waals surface area contributed by atoms with Crippen LogP contribution in [-0.2, 0) is 9.05 Å². The highest BCUT2D eigenvalue weighted by molar-refractivity contribution is 8.13. The standard InChI is InChI=1S/C11H12ClN3O2S/c1-8(2)10-13-14-11(18(12,16)17)15(10)9-6-4-3-5-7-9/h3-8H,1-2H3. The summed E-state index contributed by atoms with van der Waals surface area (Å²) < 4.78 is 24.5. The molecule has 5 nitrogen and oxygen atoms in total. The largest absolute Gasteiger partial charge is 0.297 e. The van der Waals surface area contributed by atoms with Gasteiger partial charge in [0.05, 0.1) is 0 Å². The Morgan fingerprint density at radius 3 is 2.28 bits per heavy atom. The van der Waals surface area contributed by atoms with E-state index in [9.17, 15) is 8.42 Å². The summed E-state index contributed by atoms with van der Waals surface area (Å²) in [7, 11) is 1.45. The molecule has 0 aliphatic rings. The second-order valence-corrected chi connectivity index (χ2v) is 6.56. The van der Waals surface area contributed by atoms with Crippen molar-refractivity contribution in [3.63, 3.8) is 0 Å². The van der Waals surface area contributed by atoms with Crippen molar-refractivity contribution in [2.75, 3.05) is 0 Å². The summed E-state index contributed by atoms with van der Waals surface area (Å²) in [5, 5.41) is 7.34. The highest BCUT2D eigenvalue weighted by Crippen LogP contribution is 2.23. The maximum Gasteiger partial charge on any atom is 0.297 e. The molecule has 2 rings (SSSR count). The molecule has 1 heterocycles. The molecule has 1 aromatic heterocycles. The number of aromatic nitrogens is 3. The Kier molecular flexibility index (Phi) is 3.41. The summed E-state index contributed by atoms with van der Waals surface area (Å²) in [5.41, 5.74) is 0.672. The van der Waals surface area contributed by atoms with Crippen molar-refractivity contribution in [3.8, 4) is 5.69 Å². The van der Waals surface area contributed by atoms with Gasteiger partial charge >= 0.3 is 0 Å². The second kappa shape index (κ2) is 4.70. The molecule has 7 heteroatoms. The Balaban J connectivity index is 2.74. The lowest BCUT2D eigenvalue weighted by atomic mass is 10.2. The minimum atomic E-state index is -3.93. The van der Waals surface area contributed by atoms with Crippen LogP contribution in [0, 0.1) is 0 Å². The van der Waals surface area contributed by atoms with Gasteiger partial charge in [-0.25, -0.2) is 8.42 Å². The number of nitrogens with zero attached hydrogens (tertiary/aromatic N) is 3. The molecule has 0 unspecified atom stereocenters. The minimum Gasteiger partial charge on any atom is -0.269 e. The van der Waals surface area contributed by atoms with Gasteiger partial charge in [-0.2, -0.15) is 0 Å². The topological polar surface area (TPSA) is 64.8 Å². The lowest BCUT2D eigenvalue weighted by Gasteiger charge is -2.10. The summed E-state index contributed by atoms with van der Waals surface area (Å²) in [4.78, 5) is 0. The lowest BCUT2D eigenvalue weighted by Crippen LogP contribution is -2.08. The van der Waals surface area contributed by atoms with Gasteiger partial charge in [-0.15, -0.1) is 10.2 Å². The molecular formula is C11H12ClN3O2S. The quantitative estimate of drug-likeness (QED) is 0.812. The fourth-order valence-corrected chi connectivity index (χ4v) is 2.49. The van der Waals surface area contributed by atoms with Gasteiger partial charge in [0, 0.05) is 22.3 Å². The van der Waals surface area contributed by atoms with E-state index in [2.05, 4.69) is 10.2 Å². The molecular weight excluding hydrogens is 274 g/mol. The molecule has 0 spiro atoms. The molecule has 96 valence electrons. The molecule has 1 aromatic carbocycles. The van der Waals surface area contributed by atoms with Gasteiger partial charge in [0.25, 0.3) is 14.2 Å². The van der Waals surface area contributed by atoms with E-state index in [0.29, 0.717) is 11.5 Å². The van der Waals surface area contributed by atoms with Crippen molar-refractivity contribution < 1.29 is 8.42 Å². The van der Waals surface area contributed by atoms with Crippen LogP contribution in [0.15, 0.2) is 35.5 Å². The Morgan fingerprint density at radius 1 is 1.17 bits per heavy atom. The number of halogens is 1. The van der Waals surface area contributed by atoms with Gasteiger partial charge in [0.2, 0.25) is 0 Å². The molecule has 0 amide bonds. The minimum absolute atomic E-state index is 0.0323. The van der Waals surface area contributed by atoms with E-state index >= 15 is 0 Å². The van der Waals surface area contributed by atoms with Gasteiger partial charge in [-0.1, -0.05) is 32.0 Å². The van der Waals surface area contributed by atoms with Gasteiger partial charge in [-0.05, 0) is 12.1 Å². The van der Waals surface area contributed by atoms with E-state index in [1.54, 1.807) is 12.1 Å². The molecule has 0 saturated heterocycles. The molecule has 0 saturated carbocycles. The van der Waals surface area contributed by atoms with E-state index < -0.39 is 9.05 Å². The molecule has 18 heavy (non-hydrogen) atoms. The summed E-state index contributed by atoms with van der Waals surface area (Å²) in [6, 6.07) is 9.02. The molecule has 0 fully saturated rings. The molecule has 0 bridgehead atoms. The third-order valence-electron chi connectivity index (χ3n) is 2.41. The number of hydrogen-bond acceptors (Lipinski definition) is 4. The van der Waals surface area contributed by atoms with Gasteiger partial charge in [0.15, 0.2) is 0 Å². The monoisotopic (exact) mass is 285 g/mol. The van der Waals surface area contributed by atoms with Gasteiger partial charge in [-0.3, -0.25) is 4.57 Å².